The third kappa shape index (κ3) is 18.3. The molecule has 0 radical (unpaired) electrons. The summed E-state index contributed by atoms with van der Waals surface area (Å²) in [4.78, 5) is 0. The van der Waals surface area contributed by atoms with Gasteiger partial charge in [0, 0.05) is 73.8 Å². The van der Waals surface area contributed by atoms with E-state index in [0.29, 0.717) is 0 Å². The Kier molecular flexibility index (Phi) is 22.6. The fourth-order valence-electron chi connectivity index (χ4n) is 1.35. The molecule has 0 nitrogen and oxygen atoms in total. The summed E-state index contributed by atoms with van der Waals surface area (Å²) in [6.07, 6.45) is 0. The van der Waals surface area contributed by atoms with Crippen molar-refractivity contribution in [3.8, 4) is 0 Å². The maximum absolute atomic E-state index is 4.65. The van der Waals surface area contributed by atoms with Crippen LogP contribution in [0.5, 0.6) is 0 Å². The van der Waals surface area contributed by atoms with Crippen LogP contribution in [0, 0.1) is 0 Å². The lowest BCUT2D eigenvalue weighted by Gasteiger charge is -2.23. The minimum Gasteiger partial charge on any atom is -0.179 e. The molecule has 140 valence electrons. The molecule has 0 N–H and O–H groups in total. The van der Waals surface area contributed by atoms with E-state index < -0.39 is 0 Å². The molecule has 0 saturated heterocycles. The predicted octanol–water partition coefficient (Wildman–Crippen LogP) is 5.11. The Bertz CT molecular complexity index is 236. The van der Waals surface area contributed by atoms with E-state index in [1.54, 1.807) is 0 Å². The van der Waals surface area contributed by atoms with Crippen LogP contribution in [0.1, 0.15) is 0 Å². The highest BCUT2D eigenvalue weighted by Crippen LogP contribution is 2.24. The zero-order valence-corrected chi connectivity index (χ0v) is 21.2. The zero-order valence-electron chi connectivity index (χ0n) is 13.5. The van der Waals surface area contributed by atoms with Crippen molar-refractivity contribution in [3.05, 3.63) is 0 Å². The van der Waals surface area contributed by atoms with E-state index in [0.717, 1.165) is 23.0 Å². The van der Waals surface area contributed by atoms with Crippen LogP contribution in [0.4, 0.5) is 0 Å². The van der Waals surface area contributed by atoms with Crippen molar-refractivity contribution in [1.29, 1.82) is 0 Å². The molecular weight excluding hydrogens is 457 g/mol. The Hall–Kier alpha value is 3.15. The smallest absolute Gasteiger partial charge is 0.0395 e. The van der Waals surface area contributed by atoms with Crippen LogP contribution in [0.25, 0.3) is 0 Å². The van der Waals surface area contributed by atoms with E-state index in [9.17, 15) is 0 Å². The normalized spacial score (nSPS) is 12.0. The van der Waals surface area contributed by atoms with Gasteiger partial charge in [0.1, 0.15) is 0 Å². The lowest BCUT2D eigenvalue weighted by atomic mass is 10.2. The first-order chi connectivity index (χ1) is 11.2. The molecule has 0 unspecified atom stereocenters. The fraction of sp³-hybridized carbons (Fsp3) is 1.00. The SMILES string of the molecule is SCCSCCSCCSCCSCCSCC(S)(CS)CS. The summed E-state index contributed by atoms with van der Waals surface area (Å²) in [5.41, 5.74) is 0. The molecule has 0 spiro atoms. The van der Waals surface area contributed by atoms with Gasteiger partial charge in [-0.3, -0.25) is 0 Å². The van der Waals surface area contributed by atoms with E-state index in [1.807, 2.05) is 23.5 Å². The van der Waals surface area contributed by atoms with E-state index in [2.05, 4.69) is 85.8 Å². The first-order valence-corrected chi connectivity index (χ1v) is 15.7. The van der Waals surface area contributed by atoms with Gasteiger partial charge in [0.25, 0.3) is 0 Å². The summed E-state index contributed by atoms with van der Waals surface area (Å²) in [6, 6.07) is 0. The molecule has 0 bridgehead atoms. The monoisotopic (exact) mass is 486 g/mol. The molecule has 0 aliphatic carbocycles. The molecular formula is C14H30S9. The van der Waals surface area contributed by atoms with Crippen LogP contribution < -0.4 is 0 Å². The summed E-state index contributed by atoms with van der Waals surface area (Å²) >= 11 is 27.8. The third-order valence-electron chi connectivity index (χ3n) is 2.68. The maximum Gasteiger partial charge on any atom is 0.0395 e. The number of hydrogen-bond acceptors (Lipinski definition) is 9. The van der Waals surface area contributed by atoms with Crippen molar-refractivity contribution >= 4 is 109 Å². The van der Waals surface area contributed by atoms with Crippen LogP contribution in [0.3, 0.4) is 0 Å². The van der Waals surface area contributed by atoms with Gasteiger partial charge in [-0.2, -0.15) is 109 Å². The van der Waals surface area contributed by atoms with Crippen molar-refractivity contribution in [2.45, 2.75) is 4.75 Å². The number of thioether (sulfide) groups is 5. The minimum atomic E-state index is -0.0136. The van der Waals surface area contributed by atoms with Crippen LogP contribution in [0.15, 0.2) is 0 Å². The Morgan fingerprint density at radius 1 is 0.522 bits per heavy atom. The fourth-order valence-corrected chi connectivity index (χ4v) is 8.38. The van der Waals surface area contributed by atoms with Crippen LogP contribution in [-0.2, 0) is 0 Å². The molecule has 0 amide bonds. The summed E-state index contributed by atoms with van der Waals surface area (Å²) in [5.74, 6) is 15.0. The van der Waals surface area contributed by atoms with Gasteiger partial charge < -0.3 is 0 Å². The Balaban J connectivity index is 3.14. The Morgan fingerprint density at radius 3 is 1.22 bits per heavy atom. The van der Waals surface area contributed by atoms with Gasteiger partial charge in [0.2, 0.25) is 0 Å². The van der Waals surface area contributed by atoms with Crippen molar-refractivity contribution in [1.82, 2.24) is 0 Å². The average Bonchev–Trinajstić information content (AvgIpc) is 2.58. The van der Waals surface area contributed by atoms with Gasteiger partial charge in [-0.25, -0.2) is 0 Å². The summed E-state index contributed by atoms with van der Waals surface area (Å²) in [5, 5.41) is 0. The Morgan fingerprint density at radius 2 is 0.870 bits per heavy atom. The molecule has 9 heteroatoms. The van der Waals surface area contributed by atoms with Gasteiger partial charge in [-0.1, -0.05) is 0 Å². The van der Waals surface area contributed by atoms with E-state index in [4.69, 9.17) is 0 Å². The van der Waals surface area contributed by atoms with Crippen molar-refractivity contribution < 1.29 is 0 Å². The Labute approximate surface area is 187 Å². The topological polar surface area (TPSA) is 0 Å². The van der Waals surface area contributed by atoms with Crippen molar-refractivity contribution in [2.75, 3.05) is 74.8 Å². The molecule has 0 atom stereocenters. The molecule has 0 aromatic carbocycles. The lowest BCUT2D eigenvalue weighted by Crippen LogP contribution is -2.29. The zero-order chi connectivity index (χ0) is 17.2. The number of hydrogen-bond donors (Lipinski definition) is 4. The largest absolute Gasteiger partial charge is 0.179 e. The summed E-state index contributed by atoms with van der Waals surface area (Å²) in [7, 11) is 0. The second kappa shape index (κ2) is 19.9. The first-order valence-electron chi connectivity index (χ1n) is 7.62. The molecule has 0 aromatic rings. The minimum absolute atomic E-state index is 0.0136. The highest BCUT2D eigenvalue weighted by molar-refractivity contribution is 8.06. The van der Waals surface area contributed by atoms with Crippen LogP contribution >= 0.6 is 109 Å². The highest BCUT2D eigenvalue weighted by Gasteiger charge is 2.21. The molecule has 0 aliphatic heterocycles. The average molecular weight is 487 g/mol. The maximum atomic E-state index is 4.65. The molecule has 0 aliphatic rings. The van der Waals surface area contributed by atoms with Crippen LogP contribution in [-0.4, -0.2) is 79.5 Å². The molecule has 0 rings (SSSR count). The second-order valence-electron chi connectivity index (χ2n) is 4.77. The van der Waals surface area contributed by atoms with Crippen molar-refractivity contribution in [3.63, 3.8) is 0 Å². The van der Waals surface area contributed by atoms with E-state index in [-0.39, 0.29) is 4.75 Å². The summed E-state index contributed by atoms with van der Waals surface area (Å²) in [6.45, 7) is 0. The quantitative estimate of drug-likeness (QED) is 0.156. The van der Waals surface area contributed by atoms with Crippen LogP contribution in [0.2, 0.25) is 0 Å². The number of thiol groups is 4. The van der Waals surface area contributed by atoms with Gasteiger partial charge >= 0.3 is 0 Å². The standard InChI is InChI=1S/C14H30S9/c15-1-2-19-3-4-20-5-6-21-7-8-22-9-10-23-13-14(18,11-16)12-17/h15-18H,1-13H2. The van der Waals surface area contributed by atoms with E-state index in [1.165, 1.54) is 51.8 Å². The van der Waals surface area contributed by atoms with Gasteiger partial charge in [-0.15, -0.1) is 0 Å². The predicted molar refractivity (Wildman–Crippen MR) is 140 cm³/mol. The van der Waals surface area contributed by atoms with Gasteiger partial charge in [0.15, 0.2) is 0 Å². The lowest BCUT2D eigenvalue weighted by molar-refractivity contribution is 0.859. The van der Waals surface area contributed by atoms with Gasteiger partial charge in [0.05, 0.1) is 0 Å². The van der Waals surface area contributed by atoms with Gasteiger partial charge in [-0.05, 0) is 5.75 Å². The second-order valence-corrected chi connectivity index (χ2v) is 12.8. The number of rotatable bonds is 18. The summed E-state index contributed by atoms with van der Waals surface area (Å²) < 4.78 is -0.0136. The molecule has 0 saturated carbocycles. The molecule has 23 heavy (non-hydrogen) atoms. The first kappa shape index (κ1) is 26.1. The third-order valence-corrected chi connectivity index (χ3v) is 11.8. The van der Waals surface area contributed by atoms with Crippen molar-refractivity contribution in [2.24, 2.45) is 0 Å². The molecule has 0 fully saturated rings. The van der Waals surface area contributed by atoms with E-state index >= 15 is 0 Å². The molecule has 0 aromatic heterocycles. The highest BCUT2D eigenvalue weighted by atomic mass is 32.2. The molecule has 0 heterocycles.